The van der Waals surface area contributed by atoms with E-state index in [9.17, 15) is 0 Å². The first kappa shape index (κ1) is 14.5. The standard InChI is InChI=1S/C18H24N2O/c1-3-17-16(9-11-21-17)18(20-4-2)15-7-5-6-13-12-19-10-8-14(13)15/h5-8,10,12,16-18,20H,3-4,9,11H2,1-2H3. The number of ether oxygens (including phenoxy) is 1. The minimum Gasteiger partial charge on any atom is -0.378 e. The fourth-order valence-corrected chi connectivity index (χ4v) is 3.60. The number of pyridine rings is 1. The summed E-state index contributed by atoms with van der Waals surface area (Å²) in [5, 5.41) is 6.22. The van der Waals surface area contributed by atoms with Crippen molar-refractivity contribution in [1.29, 1.82) is 0 Å². The van der Waals surface area contributed by atoms with Crippen molar-refractivity contribution >= 4 is 10.8 Å². The van der Waals surface area contributed by atoms with Crippen molar-refractivity contribution in [2.24, 2.45) is 5.92 Å². The number of hydrogen-bond acceptors (Lipinski definition) is 3. The van der Waals surface area contributed by atoms with Crippen LogP contribution in [0.4, 0.5) is 0 Å². The molecule has 1 saturated heterocycles. The van der Waals surface area contributed by atoms with Crippen molar-refractivity contribution in [3.63, 3.8) is 0 Å². The lowest BCUT2D eigenvalue weighted by molar-refractivity contribution is 0.0777. The lowest BCUT2D eigenvalue weighted by Gasteiger charge is -2.29. The Hall–Kier alpha value is -1.45. The van der Waals surface area contributed by atoms with Crippen LogP contribution in [0.5, 0.6) is 0 Å². The predicted octanol–water partition coefficient (Wildman–Crippen LogP) is 3.70. The van der Waals surface area contributed by atoms with Crippen molar-refractivity contribution in [1.82, 2.24) is 10.3 Å². The zero-order valence-electron chi connectivity index (χ0n) is 12.9. The van der Waals surface area contributed by atoms with Crippen LogP contribution in [0.15, 0.2) is 36.7 Å². The molecule has 0 radical (unpaired) electrons. The molecular weight excluding hydrogens is 260 g/mol. The molecule has 3 heteroatoms. The molecular formula is C18H24N2O. The molecule has 1 aromatic carbocycles. The van der Waals surface area contributed by atoms with Gasteiger partial charge in [0.25, 0.3) is 0 Å². The molecule has 0 bridgehead atoms. The van der Waals surface area contributed by atoms with E-state index in [1.54, 1.807) is 0 Å². The Kier molecular flexibility index (Phi) is 4.51. The molecule has 1 aromatic heterocycles. The van der Waals surface area contributed by atoms with Gasteiger partial charge in [0, 0.05) is 36.3 Å². The van der Waals surface area contributed by atoms with Crippen molar-refractivity contribution in [2.45, 2.75) is 38.8 Å². The number of benzene rings is 1. The van der Waals surface area contributed by atoms with Crippen LogP contribution in [0.3, 0.4) is 0 Å². The molecule has 0 saturated carbocycles. The minimum absolute atomic E-state index is 0.355. The lowest BCUT2D eigenvalue weighted by Crippen LogP contribution is -2.32. The van der Waals surface area contributed by atoms with Crippen LogP contribution in [0.2, 0.25) is 0 Å². The number of nitrogens with one attached hydrogen (secondary N) is 1. The average Bonchev–Trinajstić information content (AvgIpc) is 3.00. The van der Waals surface area contributed by atoms with E-state index < -0.39 is 0 Å². The Morgan fingerprint density at radius 3 is 3.05 bits per heavy atom. The molecule has 1 N–H and O–H groups in total. The summed E-state index contributed by atoms with van der Waals surface area (Å²) in [6, 6.07) is 9.01. The van der Waals surface area contributed by atoms with Crippen molar-refractivity contribution < 1.29 is 4.74 Å². The summed E-state index contributed by atoms with van der Waals surface area (Å²) in [5.74, 6) is 0.550. The van der Waals surface area contributed by atoms with Crippen LogP contribution in [0, 0.1) is 5.92 Å². The number of hydrogen-bond donors (Lipinski definition) is 1. The molecule has 112 valence electrons. The Bertz CT molecular complexity index is 593. The summed E-state index contributed by atoms with van der Waals surface area (Å²) < 4.78 is 5.92. The smallest absolute Gasteiger partial charge is 0.0619 e. The van der Waals surface area contributed by atoms with E-state index >= 15 is 0 Å². The summed E-state index contributed by atoms with van der Waals surface area (Å²) in [4.78, 5) is 4.24. The van der Waals surface area contributed by atoms with Gasteiger partial charge in [-0.25, -0.2) is 0 Å². The highest BCUT2D eigenvalue weighted by Gasteiger charge is 2.34. The summed E-state index contributed by atoms with van der Waals surface area (Å²) in [5.41, 5.74) is 1.38. The van der Waals surface area contributed by atoms with Crippen LogP contribution in [0.25, 0.3) is 10.8 Å². The molecule has 1 aliphatic heterocycles. The monoisotopic (exact) mass is 284 g/mol. The molecule has 21 heavy (non-hydrogen) atoms. The molecule has 0 aliphatic carbocycles. The first-order valence-corrected chi connectivity index (χ1v) is 8.02. The van der Waals surface area contributed by atoms with Gasteiger partial charge in [-0.1, -0.05) is 32.0 Å². The molecule has 3 nitrogen and oxygen atoms in total. The predicted molar refractivity (Wildman–Crippen MR) is 86.3 cm³/mol. The number of aromatic nitrogens is 1. The van der Waals surface area contributed by atoms with Gasteiger partial charge in [0.05, 0.1) is 6.10 Å². The number of nitrogens with zero attached hydrogens (tertiary/aromatic N) is 1. The maximum Gasteiger partial charge on any atom is 0.0619 e. The second-order valence-corrected chi connectivity index (χ2v) is 5.75. The minimum atomic E-state index is 0.355. The first-order valence-electron chi connectivity index (χ1n) is 8.02. The fraction of sp³-hybridized carbons (Fsp3) is 0.500. The van der Waals surface area contributed by atoms with Crippen molar-refractivity contribution in [3.05, 3.63) is 42.2 Å². The highest BCUT2D eigenvalue weighted by molar-refractivity contribution is 5.85. The molecule has 1 fully saturated rings. The summed E-state index contributed by atoms with van der Waals surface area (Å²) in [7, 11) is 0. The van der Waals surface area contributed by atoms with Gasteiger partial charge >= 0.3 is 0 Å². The van der Waals surface area contributed by atoms with E-state index in [1.807, 2.05) is 12.4 Å². The van der Waals surface area contributed by atoms with Gasteiger partial charge in [-0.3, -0.25) is 4.98 Å². The van der Waals surface area contributed by atoms with Crippen LogP contribution < -0.4 is 5.32 Å². The van der Waals surface area contributed by atoms with Crippen LogP contribution in [-0.2, 0) is 4.74 Å². The van der Waals surface area contributed by atoms with Crippen molar-refractivity contribution in [3.8, 4) is 0 Å². The third kappa shape index (κ3) is 2.81. The third-order valence-electron chi connectivity index (χ3n) is 4.56. The van der Waals surface area contributed by atoms with Crippen LogP contribution in [0.1, 0.15) is 38.3 Å². The lowest BCUT2D eigenvalue weighted by atomic mass is 9.85. The summed E-state index contributed by atoms with van der Waals surface area (Å²) >= 11 is 0. The topological polar surface area (TPSA) is 34.2 Å². The fourth-order valence-electron chi connectivity index (χ4n) is 3.60. The SMILES string of the molecule is CCNC(c1cccc2cnccc12)C1CCOC1CC. The van der Waals surface area contributed by atoms with E-state index in [4.69, 9.17) is 4.74 Å². The molecule has 2 heterocycles. The Morgan fingerprint density at radius 2 is 2.24 bits per heavy atom. The van der Waals surface area contributed by atoms with E-state index in [1.165, 1.54) is 16.3 Å². The third-order valence-corrected chi connectivity index (χ3v) is 4.56. The highest BCUT2D eigenvalue weighted by atomic mass is 16.5. The molecule has 0 spiro atoms. The van der Waals surface area contributed by atoms with Gasteiger partial charge in [0.2, 0.25) is 0 Å². The second kappa shape index (κ2) is 6.54. The maximum atomic E-state index is 5.92. The van der Waals surface area contributed by atoms with Gasteiger partial charge in [-0.2, -0.15) is 0 Å². The Morgan fingerprint density at radius 1 is 1.33 bits per heavy atom. The van der Waals surface area contributed by atoms with Crippen molar-refractivity contribution in [2.75, 3.05) is 13.2 Å². The maximum absolute atomic E-state index is 5.92. The van der Waals surface area contributed by atoms with Gasteiger partial charge in [0.1, 0.15) is 0 Å². The first-order chi connectivity index (χ1) is 10.3. The molecule has 0 amide bonds. The van der Waals surface area contributed by atoms with Gasteiger partial charge < -0.3 is 10.1 Å². The summed E-state index contributed by atoms with van der Waals surface area (Å²) in [6.07, 6.45) is 6.42. The van der Waals surface area contributed by atoms with Crippen LogP contribution >= 0.6 is 0 Å². The Balaban J connectivity index is 2.03. The molecule has 3 atom stereocenters. The quantitative estimate of drug-likeness (QED) is 0.909. The molecule has 1 aliphatic rings. The van der Waals surface area contributed by atoms with E-state index in [-0.39, 0.29) is 0 Å². The second-order valence-electron chi connectivity index (χ2n) is 5.75. The number of rotatable bonds is 5. The molecule has 3 rings (SSSR count). The summed E-state index contributed by atoms with van der Waals surface area (Å²) in [6.45, 7) is 6.26. The average molecular weight is 284 g/mol. The molecule has 2 aromatic rings. The zero-order valence-corrected chi connectivity index (χ0v) is 12.9. The van der Waals surface area contributed by atoms with Gasteiger partial charge in [0.15, 0.2) is 0 Å². The largest absolute Gasteiger partial charge is 0.378 e. The van der Waals surface area contributed by atoms with E-state index in [0.29, 0.717) is 18.1 Å². The Labute approximate surface area is 126 Å². The molecule has 3 unspecified atom stereocenters. The number of fused-ring (bicyclic) bond motifs is 1. The zero-order chi connectivity index (χ0) is 14.7. The van der Waals surface area contributed by atoms with Gasteiger partial charge in [-0.05, 0) is 36.4 Å². The van der Waals surface area contributed by atoms with Gasteiger partial charge in [-0.15, -0.1) is 0 Å². The van der Waals surface area contributed by atoms with E-state index in [0.717, 1.165) is 26.0 Å². The highest BCUT2D eigenvalue weighted by Crippen LogP contribution is 2.37. The van der Waals surface area contributed by atoms with Crippen LogP contribution in [-0.4, -0.2) is 24.2 Å². The normalized spacial score (nSPS) is 23.5. The van der Waals surface area contributed by atoms with E-state index in [2.05, 4.69) is 48.4 Å².